The van der Waals surface area contributed by atoms with Crippen molar-refractivity contribution in [2.75, 3.05) is 19.6 Å². The highest BCUT2D eigenvalue weighted by atomic mass is 16.2. The first-order valence-corrected chi connectivity index (χ1v) is 7.85. The van der Waals surface area contributed by atoms with Crippen LogP contribution in [0, 0.1) is 5.92 Å². The van der Waals surface area contributed by atoms with Crippen molar-refractivity contribution in [3.05, 3.63) is 0 Å². The van der Waals surface area contributed by atoms with Gasteiger partial charge in [-0.15, -0.1) is 0 Å². The van der Waals surface area contributed by atoms with Crippen LogP contribution in [0.2, 0.25) is 0 Å². The second-order valence-electron chi connectivity index (χ2n) is 5.82. The van der Waals surface area contributed by atoms with E-state index >= 15 is 0 Å². The molecule has 2 rings (SSSR count). The molecule has 1 saturated heterocycles. The van der Waals surface area contributed by atoms with E-state index in [-0.39, 0.29) is 6.04 Å². The van der Waals surface area contributed by atoms with Crippen molar-refractivity contribution < 1.29 is 4.79 Å². The number of carbonyl (C=O) groups is 1. The minimum Gasteiger partial charge on any atom is -0.341 e. The van der Waals surface area contributed by atoms with Crippen molar-refractivity contribution in [1.29, 1.82) is 0 Å². The summed E-state index contributed by atoms with van der Waals surface area (Å²) in [5.41, 5.74) is 0. The van der Waals surface area contributed by atoms with Crippen LogP contribution in [0.15, 0.2) is 0 Å². The number of piperidine rings is 1. The summed E-state index contributed by atoms with van der Waals surface area (Å²) in [7, 11) is 0. The zero-order valence-corrected chi connectivity index (χ0v) is 11.8. The number of amides is 1. The van der Waals surface area contributed by atoms with E-state index in [9.17, 15) is 4.79 Å². The average Bonchev–Trinajstić information content (AvgIpc) is 2.46. The summed E-state index contributed by atoms with van der Waals surface area (Å²) in [4.78, 5) is 14.8. The third-order valence-electron chi connectivity index (χ3n) is 4.48. The molecule has 3 nitrogen and oxygen atoms in total. The topological polar surface area (TPSA) is 32.3 Å². The van der Waals surface area contributed by atoms with Crippen molar-refractivity contribution in [3.8, 4) is 0 Å². The highest BCUT2D eigenvalue weighted by Crippen LogP contribution is 2.27. The van der Waals surface area contributed by atoms with E-state index in [0.29, 0.717) is 11.8 Å². The minimum absolute atomic E-state index is 0.0911. The molecule has 0 radical (unpaired) electrons. The van der Waals surface area contributed by atoms with Crippen molar-refractivity contribution in [2.24, 2.45) is 5.92 Å². The molecule has 18 heavy (non-hydrogen) atoms. The lowest BCUT2D eigenvalue weighted by Crippen LogP contribution is -2.52. The lowest BCUT2D eigenvalue weighted by atomic mass is 9.83. The molecule has 1 heterocycles. The Labute approximate surface area is 111 Å². The van der Waals surface area contributed by atoms with Crippen molar-refractivity contribution in [2.45, 2.75) is 64.3 Å². The third kappa shape index (κ3) is 3.47. The molecule has 1 aliphatic carbocycles. The molecule has 0 unspecified atom stereocenters. The number of nitrogens with one attached hydrogen (secondary N) is 1. The van der Waals surface area contributed by atoms with Gasteiger partial charge in [-0.3, -0.25) is 4.79 Å². The largest absolute Gasteiger partial charge is 0.341 e. The SMILES string of the molecule is CCN[C@H](C(=O)N1CCCCC1)C1CCCCC1. The van der Waals surface area contributed by atoms with E-state index in [1.807, 2.05) is 0 Å². The van der Waals surface area contributed by atoms with Crippen LogP contribution in [0.4, 0.5) is 0 Å². The second kappa shape index (κ2) is 7.13. The maximum absolute atomic E-state index is 12.7. The quantitative estimate of drug-likeness (QED) is 0.834. The van der Waals surface area contributed by atoms with Gasteiger partial charge in [0.2, 0.25) is 5.91 Å². The normalized spacial score (nSPS) is 23.9. The number of rotatable bonds is 4. The standard InChI is InChI=1S/C15H28N2O/c1-2-16-14(13-9-5-3-6-10-13)15(18)17-11-7-4-8-12-17/h13-14,16H,2-12H2,1H3/t14-/m0/s1. The number of hydrogen-bond donors (Lipinski definition) is 1. The first-order chi connectivity index (χ1) is 8.83. The van der Waals surface area contributed by atoms with Crippen LogP contribution >= 0.6 is 0 Å². The van der Waals surface area contributed by atoms with Gasteiger partial charge in [-0.2, -0.15) is 0 Å². The molecule has 104 valence electrons. The molecule has 0 spiro atoms. The molecule has 2 aliphatic rings. The molecule has 0 aromatic rings. The van der Waals surface area contributed by atoms with Crippen LogP contribution in [0.5, 0.6) is 0 Å². The van der Waals surface area contributed by atoms with Gasteiger partial charge in [-0.05, 0) is 44.6 Å². The van der Waals surface area contributed by atoms with Gasteiger partial charge in [-0.1, -0.05) is 26.2 Å². The van der Waals surface area contributed by atoms with Gasteiger partial charge in [0.1, 0.15) is 0 Å². The van der Waals surface area contributed by atoms with Gasteiger partial charge in [0.15, 0.2) is 0 Å². The monoisotopic (exact) mass is 252 g/mol. The highest BCUT2D eigenvalue weighted by molar-refractivity contribution is 5.82. The Morgan fingerprint density at radius 3 is 2.33 bits per heavy atom. The van der Waals surface area contributed by atoms with E-state index in [1.54, 1.807) is 0 Å². The Balaban J connectivity index is 1.96. The number of likely N-dealkylation sites (tertiary alicyclic amines) is 1. The summed E-state index contributed by atoms with van der Waals surface area (Å²) < 4.78 is 0. The van der Waals surface area contributed by atoms with Gasteiger partial charge in [-0.25, -0.2) is 0 Å². The fourth-order valence-corrected chi connectivity index (χ4v) is 3.45. The molecule has 2 fully saturated rings. The molecule has 0 aromatic carbocycles. The zero-order valence-electron chi connectivity index (χ0n) is 11.8. The molecule has 1 saturated carbocycles. The summed E-state index contributed by atoms with van der Waals surface area (Å²) >= 11 is 0. The summed E-state index contributed by atoms with van der Waals surface area (Å²) in [6.07, 6.45) is 10.1. The van der Waals surface area contributed by atoms with Gasteiger partial charge < -0.3 is 10.2 Å². The van der Waals surface area contributed by atoms with Gasteiger partial charge in [0.05, 0.1) is 6.04 Å². The summed E-state index contributed by atoms with van der Waals surface area (Å²) in [5.74, 6) is 0.955. The predicted octanol–water partition coefficient (Wildman–Crippen LogP) is 2.56. The van der Waals surface area contributed by atoms with Crippen LogP contribution in [0.3, 0.4) is 0 Å². The minimum atomic E-state index is 0.0911. The van der Waals surface area contributed by atoms with Gasteiger partial charge >= 0.3 is 0 Å². The molecule has 1 N–H and O–H groups in total. The predicted molar refractivity (Wildman–Crippen MR) is 74.5 cm³/mol. The number of nitrogens with zero attached hydrogens (tertiary/aromatic N) is 1. The van der Waals surface area contributed by atoms with Crippen molar-refractivity contribution in [3.63, 3.8) is 0 Å². The third-order valence-corrected chi connectivity index (χ3v) is 4.48. The van der Waals surface area contributed by atoms with E-state index < -0.39 is 0 Å². The van der Waals surface area contributed by atoms with E-state index in [0.717, 1.165) is 19.6 Å². The Morgan fingerprint density at radius 1 is 1.11 bits per heavy atom. The maximum atomic E-state index is 12.7. The Bertz CT molecular complexity index is 255. The Kier molecular flexibility index (Phi) is 5.48. The molecule has 1 amide bonds. The lowest BCUT2D eigenvalue weighted by Gasteiger charge is -2.35. The maximum Gasteiger partial charge on any atom is 0.239 e. The number of hydrogen-bond acceptors (Lipinski definition) is 2. The van der Waals surface area contributed by atoms with E-state index in [2.05, 4.69) is 17.1 Å². The fraction of sp³-hybridized carbons (Fsp3) is 0.933. The van der Waals surface area contributed by atoms with E-state index in [1.165, 1.54) is 51.4 Å². The number of carbonyl (C=O) groups excluding carboxylic acids is 1. The zero-order chi connectivity index (χ0) is 12.8. The van der Waals surface area contributed by atoms with E-state index in [4.69, 9.17) is 0 Å². The Morgan fingerprint density at radius 2 is 1.72 bits per heavy atom. The molecular formula is C15H28N2O. The molecule has 1 atom stereocenters. The summed E-state index contributed by atoms with van der Waals surface area (Å²) in [5, 5.41) is 3.46. The second-order valence-corrected chi connectivity index (χ2v) is 5.82. The molecule has 0 bridgehead atoms. The first kappa shape index (κ1) is 13.9. The summed E-state index contributed by atoms with van der Waals surface area (Å²) in [6.45, 7) is 4.97. The molecule has 3 heteroatoms. The number of likely N-dealkylation sites (N-methyl/N-ethyl adjacent to an activating group) is 1. The fourth-order valence-electron chi connectivity index (χ4n) is 3.45. The average molecular weight is 252 g/mol. The first-order valence-electron chi connectivity index (χ1n) is 7.85. The van der Waals surface area contributed by atoms with Gasteiger partial charge in [0.25, 0.3) is 0 Å². The van der Waals surface area contributed by atoms with Crippen LogP contribution in [0.1, 0.15) is 58.3 Å². The Hall–Kier alpha value is -0.570. The van der Waals surface area contributed by atoms with Crippen LogP contribution in [-0.4, -0.2) is 36.5 Å². The van der Waals surface area contributed by atoms with Crippen LogP contribution in [0.25, 0.3) is 0 Å². The molecular weight excluding hydrogens is 224 g/mol. The smallest absolute Gasteiger partial charge is 0.239 e. The van der Waals surface area contributed by atoms with Crippen molar-refractivity contribution >= 4 is 5.91 Å². The molecule has 1 aliphatic heterocycles. The highest BCUT2D eigenvalue weighted by Gasteiger charge is 2.32. The molecule has 0 aromatic heterocycles. The summed E-state index contributed by atoms with van der Waals surface area (Å²) in [6, 6.07) is 0.0911. The van der Waals surface area contributed by atoms with Crippen molar-refractivity contribution in [1.82, 2.24) is 10.2 Å². The lowest BCUT2D eigenvalue weighted by molar-refractivity contribution is -0.136. The van der Waals surface area contributed by atoms with Gasteiger partial charge in [0, 0.05) is 13.1 Å². The van der Waals surface area contributed by atoms with Crippen LogP contribution in [-0.2, 0) is 4.79 Å². The van der Waals surface area contributed by atoms with Crippen LogP contribution < -0.4 is 5.32 Å².